The van der Waals surface area contributed by atoms with E-state index in [1.807, 2.05) is 11.9 Å². The zero-order valence-corrected chi connectivity index (χ0v) is 9.14. The number of carboxylic acid groups (broad SMARTS) is 1. The van der Waals surface area contributed by atoms with E-state index in [1.54, 1.807) is 0 Å². The van der Waals surface area contributed by atoms with Gasteiger partial charge in [-0.3, -0.25) is 0 Å². The average Bonchev–Trinajstić information content (AvgIpc) is 2.17. The minimum absolute atomic E-state index is 0.0308. The van der Waals surface area contributed by atoms with Crippen molar-refractivity contribution in [3.05, 3.63) is 18.1 Å². The minimum Gasteiger partial charge on any atom is -0.476 e. The Kier molecular flexibility index (Phi) is 3.60. The second kappa shape index (κ2) is 4.72. The zero-order chi connectivity index (χ0) is 11.4. The molecule has 0 bridgehead atoms. The van der Waals surface area contributed by atoms with Gasteiger partial charge in [-0.05, 0) is 5.92 Å². The summed E-state index contributed by atoms with van der Waals surface area (Å²) in [5, 5.41) is 8.64. The van der Waals surface area contributed by atoms with Gasteiger partial charge in [0.15, 0.2) is 5.69 Å². The molecule has 0 aliphatic carbocycles. The first kappa shape index (κ1) is 11.4. The molecule has 0 fully saturated rings. The lowest BCUT2D eigenvalue weighted by atomic mass is 10.2. The molecule has 1 heterocycles. The summed E-state index contributed by atoms with van der Waals surface area (Å²) in [6, 6.07) is 0. The smallest absolute Gasteiger partial charge is 0.356 e. The third kappa shape index (κ3) is 3.19. The van der Waals surface area contributed by atoms with Gasteiger partial charge in [0.25, 0.3) is 0 Å². The highest BCUT2D eigenvalue weighted by molar-refractivity contribution is 5.84. The van der Waals surface area contributed by atoms with E-state index in [0.717, 1.165) is 6.54 Å². The Morgan fingerprint density at radius 1 is 1.47 bits per heavy atom. The molecule has 5 heteroatoms. The van der Waals surface area contributed by atoms with Crippen LogP contribution in [0.15, 0.2) is 12.4 Å². The van der Waals surface area contributed by atoms with Crippen molar-refractivity contribution < 1.29 is 9.90 Å². The SMILES string of the molecule is CC(C)CN(C)c1cnc(C(=O)O)cn1. The van der Waals surface area contributed by atoms with Gasteiger partial charge in [0.2, 0.25) is 0 Å². The molecule has 0 atom stereocenters. The van der Waals surface area contributed by atoms with Crippen LogP contribution in [0.25, 0.3) is 0 Å². The van der Waals surface area contributed by atoms with Crippen LogP contribution in [-0.4, -0.2) is 34.6 Å². The Hall–Kier alpha value is -1.65. The van der Waals surface area contributed by atoms with E-state index < -0.39 is 5.97 Å². The van der Waals surface area contributed by atoms with Crippen molar-refractivity contribution in [1.82, 2.24) is 9.97 Å². The van der Waals surface area contributed by atoms with E-state index in [0.29, 0.717) is 11.7 Å². The van der Waals surface area contributed by atoms with Crippen molar-refractivity contribution in [2.75, 3.05) is 18.5 Å². The third-order valence-electron chi connectivity index (χ3n) is 1.89. The van der Waals surface area contributed by atoms with Crippen LogP contribution in [-0.2, 0) is 0 Å². The van der Waals surface area contributed by atoms with Crippen LogP contribution in [0.4, 0.5) is 5.82 Å². The first-order chi connectivity index (χ1) is 7.00. The molecule has 1 aromatic heterocycles. The molecule has 0 radical (unpaired) electrons. The molecule has 1 N–H and O–H groups in total. The number of hydrogen-bond acceptors (Lipinski definition) is 4. The summed E-state index contributed by atoms with van der Waals surface area (Å²) in [7, 11) is 1.91. The lowest BCUT2D eigenvalue weighted by molar-refractivity contribution is 0.0690. The van der Waals surface area contributed by atoms with Crippen LogP contribution in [0.2, 0.25) is 0 Å². The summed E-state index contributed by atoms with van der Waals surface area (Å²) < 4.78 is 0. The van der Waals surface area contributed by atoms with Gasteiger partial charge in [-0.15, -0.1) is 0 Å². The molecule has 1 rings (SSSR count). The van der Waals surface area contributed by atoms with Gasteiger partial charge in [0.1, 0.15) is 5.82 Å². The number of hydrogen-bond donors (Lipinski definition) is 1. The molecular weight excluding hydrogens is 194 g/mol. The van der Waals surface area contributed by atoms with Crippen LogP contribution < -0.4 is 4.90 Å². The highest BCUT2D eigenvalue weighted by atomic mass is 16.4. The first-order valence-corrected chi connectivity index (χ1v) is 4.77. The molecule has 0 unspecified atom stereocenters. The Balaban J connectivity index is 2.75. The summed E-state index contributed by atoms with van der Waals surface area (Å²) in [4.78, 5) is 20.3. The van der Waals surface area contributed by atoms with Gasteiger partial charge < -0.3 is 10.0 Å². The van der Waals surface area contributed by atoms with Crippen LogP contribution in [0, 0.1) is 5.92 Å². The fourth-order valence-corrected chi connectivity index (χ4v) is 1.27. The van der Waals surface area contributed by atoms with E-state index in [-0.39, 0.29) is 5.69 Å². The largest absolute Gasteiger partial charge is 0.476 e. The molecule has 82 valence electrons. The number of carboxylic acids is 1. The predicted molar refractivity (Wildman–Crippen MR) is 57.1 cm³/mol. The number of anilines is 1. The highest BCUT2D eigenvalue weighted by Gasteiger charge is 2.08. The van der Waals surface area contributed by atoms with Crippen LogP contribution in [0.5, 0.6) is 0 Å². The number of nitrogens with zero attached hydrogens (tertiary/aromatic N) is 3. The maximum absolute atomic E-state index is 10.5. The summed E-state index contributed by atoms with van der Waals surface area (Å²) in [6.45, 7) is 5.08. The van der Waals surface area contributed by atoms with Gasteiger partial charge in [-0.2, -0.15) is 0 Å². The summed E-state index contributed by atoms with van der Waals surface area (Å²) in [5.41, 5.74) is -0.0308. The van der Waals surface area contributed by atoms with Crippen molar-refractivity contribution in [2.24, 2.45) is 5.92 Å². The second-order valence-electron chi connectivity index (χ2n) is 3.84. The number of rotatable bonds is 4. The third-order valence-corrected chi connectivity index (χ3v) is 1.89. The summed E-state index contributed by atoms with van der Waals surface area (Å²) >= 11 is 0. The second-order valence-corrected chi connectivity index (χ2v) is 3.84. The molecule has 0 aliphatic rings. The molecule has 0 saturated carbocycles. The van der Waals surface area contributed by atoms with Gasteiger partial charge in [-0.25, -0.2) is 14.8 Å². The normalized spacial score (nSPS) is 10.4. The van der Waals surface area contributed by atoms with E-state index in [4.69, 9.17) is 5.11 Å². The van der Waals surface area contributed by atoms with Crippen molar-refractivity contribution in [3.8, 4) is 0 Å². The molecule has 5 nitrogen and oxygen atoms in total. The zero-order valence-electron chi connectivity index (χ0n) is 9.14. The Morgan fingerprint density at radius 3 is 2.53 bits per heavy atom. The maximum atomic E-state index is 10.5. The molecule has 0 aliphatic heterocycles. The molecule has 0 spiro atoms. The van der Waals surface area contributed by atoms with Crippen molar-refractivity contribution in [1.29, 1.82) is 0 Å². The predicted octanol–water partition coefficient (Wildman–Crippen LogP) is 1.27. The number of aromatic carboxylic acids is 1. The molecule has 1 aromatic rings. The van der Waals surface area contributed by atoms with E-state index >= 15 is 0 Å². The van der Waals surface area contributed by atoms with Crippen LogP contribution in [0.3, 0.4) is 0 Å². The molecular formula is C10H15N3O2. The molecule has 0 saturated heterocycles. The van der Waals surface area contributed by atoms with Gasteiger partial charge >= 0.3 is 5.97 Å². The average molecular weight is 209 g/mol. The minimum atomic E-state index is -1.06. The maximum Gasteiger partial charge on any atom is 0.356 e. The Morgan fingerprint density at radius 2 is 2.13 bits per heavy atom. The lowest BCUT2D eigenvalue weighted by Gasteiger charge is -2.19. The topological polar surface area (TPSA) is 66.3 Å². The van der Waals surface area contributed by atoms with E-state index in [9.17, 15) is 4.79 Å². The van der Waals surface area contributed by atoms with Crippen molar-refractivity contribution >= 4 is 11.8 Å². The van der Waals surface area contributed by atoms with E-state index in [2.05, 4.69) is 23.8 Å². The Bertz CT molecular complexity index is 335. The fourth-order valence-electron chi connectivity index (χ4n) is 1.27. The molecule has 0 aromatic carbocycles. The molecule has 15 heavy (non-hydrogen) atoms. The fraction of sp³-hybridized carbons (Fsp3) is 0.500. The number of carbonyl (C=O) groups is 1. The van der Waals surface area contributed by atoms with Crippen molar-refractivity contribution in [3.63, 3.8) is 0 Å². The van der Waals surface area contributed by atoms with Gasteiger partial charge in [-0.1, -0.05) is 13.8 Å². The summed E-state index contributed by atoms with van der Waals surface area (Å²) in [6.07, 6.45) is 2.75. The highest BCUT2D eigenvalue weighted by Crippen LogP contribution is 2.08. The number of aromatic nitrogens is 2. The van der Waals surface area contributed by atoms with Gasteiger partial charge in [0.05, 0.1) is 12.4 Å². The van der Waals surface area contributed by atoms with E-state index in [1.165, 1.54) is 12.4 Å². The quantitative estimate of drug-likeness (QED) is 0.808. The van der Waals surface area contributed by atoms with Crippen molar-refractivity contribution in [2.45, 2.75) is 13.8 Å². The molecule has 0 amide bonds. The lowest BCUT2D eigenvalue weighted by Crippen LogP contribution is -2.23. The van der Waals surface area contributed by atoms with Gasteiger partial charge in [0, 0.05) is 13.6 Å². The standard InChI is InChI=1S/C10H15N3O2/c1-7(2)6-13(3)9-5-11-8(4-12-9)10(14)15/h4-5,7H,6H2,1-3H3,(H,14,15). The monoisotopic (exact) mass is 209 g/mol. The van der Waals surface area contributed by atoms with Crippen LogP contribution >= 0.6 is 0 Å². The first-order valence-electron chi connectivity index (χ1n) is 4.77. The van der Waals surface area contributed by atoms with Crippen LogP contribution in [0.1, 0.15) is 24.3 Å². The Labute approximate surface area is 88.8 Å². The summed E-state index contributed by atoms with van der Waals surface area (Å²) in [5.74, 6) is 0.158.